The number of hydrogen-bond donors (Lipinski definition) is 2. The molecule has 0 spiro atoms. The van der Waals surface area contributed by atoms with Gasteiger partial charge in [-0.15, -0.1) is 11.8 Å². The Kier molecular flexibility index (Phi) is 4.67. The lowest BCUT2D eigenvalue weighted by molar-refractivity contribution is 0.0829. The van der Waals surface area contributed by atoms with Gasteiger partial charge in [0.1, 0.15) is 13.0 Å². The maximum Gasteiger partial charge on any atom is 0.164 e. The lowest BCUT2D eigenvalue weighted by Gasteiger charge is -2.36. The lowest BCUT2D eigenvalue weighted by Crippen LogP contribution is -2.56. The molecular weight excluding hydrogens is 198 g/mol. The molecule has 1 heterocycles. The molecule has 0 fully saturated rings. The maximum absolute atomic E-state index is 4.40. The van der Waals surface area contributed by atoms with Crippen molar-refractivity contribution in [3.05, 3.63) is 0 Å². The number of thioether (sulfide) groups is 1. The highest BCUT2D eigenvalue weighted by molar-refractivity contribution is 7.99. The molecule has 0 aromatic carbocycles. The molecule has 0 bridgehead atoms. The van der Waals surface area contributed by atoms with Crippen molar-refractivity contribution in [1.82, 2.24) is 20.9 Å². The van der Waals surface area contributed by atoms with E-state index in [9.17, 15) is 0 Å². The third kappa shape index (κ3) is 3.13. The second-order valence-corrected chi connectivity index (χ2v) is 4.31. The van der Waals surface area contributed by atoms with Crippen LogP contribution in [-0.4, -0.2) is 47.9 Å². The summed E-state index contributed by atoms with van der Waals surface area (Å²) in [6, 6.07) is 0.422. The lowest BCUT2D eigenvalue weighted by atomic mass is 10.4. The SMILES string of the molecule is CNN1CN(NC(C)C)C=NC1SC. The summed E-state index contributed by atoms with van der Waals surface area (Å²) in [6.45, 7) is 5.01. The summed E-state index contributed by atoms with van der Waals surface area (Å²) >= 11 is 1.71. The van der Waals surface area contributed by atoms with Crippen molar-refractivity contribution in [3.63, 3.8) is 0 Å². The second-order valence-electron chi connectivity index (χ2n) is 3.41. The molecule has 0 aromatic rings. The molecule has 82 valence electrons. The van der Waals surface area contributed by atoms with E-state index in [2.05, 4.69) is 41.0 Å². The Balaban J connectivity index is 2.52. The molecule has 5 nitrogen and oxygen atoms in total. The average molecular weight is 217 g/mol. The summed E-state index contributed by atoms with van der Waals surface area (Å²) in [6.07, 6.45) is 3.91. The first-order valence-electron chi connectivity index (χ1n) is 4.70. The summed E-state index contributed by atoms with van der Waals surface area (Å²) < 4.78 is 0. The monoisotopic (exact) mass is 217 g/mol. The van der Waals surface area contributed by atoms with Gasteiger partial charge in [-0.2, -0.15) is 5.01 Å². The van der Waals surface area contributed by atoms with Crippen LogP contribution in [-0.2, 0) is 0 Å². The van der Waals surface area contributed by atoms with Gasteiger partial charge in [-0.3, -0.25) is 10.4 Å². The molecule has 1 atom stereocenters. The second kappa shape index (κ2) is 5.55. The first-order valence-corrected chi connectivity index (χ1v) is 5.99. The fourth-order valence-corrected chi connectivity index (χ4v) is 1.87. The van der Waals surface area contributed by atoms with Gasteiger partial charge in [0.15, 0.2) is 5.50 Å². The molecule has 1 aliphatic rings. The van der Waals surface area contributed by atoms with Crippen LogP contribution >= 0.6 is 11.8 Å². The van der Waals surface area contributed by atoms with Gasteiger partial charge >= 0.3 is 0 Å². The zero-order chi connectivity index (χ0) is 10.6. The minimum absolute atomic E-state index is 0.171. The number of rotatable bonds is 4. The molecule has 0 amide bonds. The van der Waals surface area contributed by atoms with E-state index < -0.39 is 0 Å². The summed E-state index contributed by atoms with van der Waals surface area (Å²) in [5, 5.41) is 4.05. The van der Waals surface area contributed by atoms with E-state index in [0.29, 0.717) is 6.04 Å². The van der Waals surface area contributed by atoms with Crippen LogP contribution < -0.4 is 10.9 Å². The van der Waals surface area contributed by atoms with E-state index in [1.807, 2.05) is 18.4 Å². The Morgan fingerprint density at radius 3 is 2.79 bits per heavy atom. The van der Waals surface area contributed by atoms with Gasteiger partial charge in [-0.05, 0) is 27.2 Å². The van der Waals surface area contributed by atoms with E-state index in [4.69, 9.17) is 0 Å². The number of hydrazine groups is 2. The smallest absolute Gasteiger partial charge is 0.164 e. The molecular formula is C8H19N5S. The van der Waals surface area contributed by atoms with Crippen LogP contribution in [0.4, 0.5) is 0 Å². The highest BCUT2D eigenvalue weighted by Crippen LogP contribution is 2.14. The Morgan fingerprint density at radius 1 is 1.57 bits per heavy atom. The first kappa shape index (κ1) is 11.8. The van der Waals surface area contributed by atoms with Crippen LogP contribution in [0.3, 0.4) is 0 Å². The van der Waals surface area contributed by atoms with Crippen LogP contribution in [0.5, 0.6) is 0 Å². The number of hydrogen-bond acceptors (Lipinski definition) is 6. The van der Waals surface area contributed by atoms with Crippen molar-refractivity contribution in [3.8, 4) is 0 Å². The molecule has 6 heteroatoms. The number of nitrogens with zero attached hydrogens (tertiary/aromatic N) is 3. The summed E-state index contributed by atoms with van der Waals surface area (Å²) in [7, 11) is 1.91. The molecule has 2 N–H and O–H groups in total. The zero-order valence-electron chi connectivity index (χ0n) is 9.19. The van der Waals surface area contributed by atoms with Crippen molar-refractivity contribution < 1.29 is 0 Å². The van der Waals surface area contributed by atoms with Gasteiger partial charge in [-0.25, -0.2) is 10.4 Å². The van der Waals surface area contributed by atoms with Gasteiger partial charge in [0.25, 0.3) is 0 Å². The minimum Gasteiger partial charge on any atom is -0.282 e. The van der Waals surface area contributed by atoms with Gasteiger partial charge < -0.3 is 0 Å². The third-order valence-corrected chi connectivity index (χ3v) is 2.62. The third-order valence-electron chi connectivity index (χ3n) is 1.83. The normalized spacial score (nSPS) is 23.5. The summed E-state index contributed by atoms with van der Waals surface area (Å²) in [5.41, 5.74) is 6.58. The van der Waals surface area contributed by atoms with E-state index in [1.165, 1.54) is 0 Å². The van der Waals surface area contributed by atoms with Crippen molar-refractivity contribution in [2.75, 3.05) is 20.0 Å². The quantitative estimate of drug-likeness (QED) is 0.708. The Bertz CT molecular complexity index is 196. The summed E-state index contributed by atoms with van der Waals surface area (Å²) in [4.78, 5) is 4.40. The van der Waals surface area contributed by atoms with Crippen LogP contribution in [0, 0.1) is 0 Å². The highest BCUT2D eigenvalue weighted by Gasteiger charge is 2.21. The molecule has 0 aromatic heterocycles. The highest BCUT2D eigenvalue weighted by atomic mass is 32.2. The summed E-state index contributed by atoms with van der Waals surface area (Å²) in [5.74, 6) is 0. The minimum atomic E-state index is 0.171. The van der Waals surface area contributed by atoms with E-state index in [0.717, 1.165) is 6.67 Å². The van der Waals surface area contributed by atoms with E-state index in [-0.39, 0.29) is 5.50 Å². The predicted octanol–water partition coefficient (Wildman–Crippen LogP) is 0.284. The van der Waals surface area contributed by atoms with Gasteiger partial charge in [0.2, 0.25) is 0 Å². The van der Waals surface area contributed by atoms with E-state index >= 15 is 0 Å². The molecule has 1 rings (SSSR count). The fourth-order valence-electron chi connectivity index (χ4n) is 1.26. The van der Waals surface area contributed by atoms with Crippen molar-refractivity contribution in [2.45, 2.75) is 25.4 Å². The van der Waals surface area contributed by atoms with Gasteiger partial charge in [-0.1, -0.05) is 0 Å². The Hall–Kier alpha value is -0.300. The van der Waals surface area contributed by atoms with Crippen LogP contribution in [0.2, 0.25) is 0 Å². The first-order chi connectivity index (χ1) is 6.67. The Labute approximate surface area is 89.9 Å². The van der Waals surface area contributed by atoms with Gasteiger partial charge in [0, 0.05) is 6.04 Å². The molecule has 0 saturated carbocycles. The Morgan fingerprint density at radius 2 is 2.29 bits per heavy atom. The standard InChI is InChI=1S/C8H19N5S/c1-7(2)11-12-5-10-8(14-4)13(6-12)9-3/h5,7-9,11H,6H2,1-4H3. The molecule has 0 aliphatic carbocycles. The van der Waals surface area contributed by atoms with Crippen molar-refractivity contribution in [2.24, 2.45) is 4.99 Å². The topological polar surface area (TPSA) is 42.9 Å². The maximum atomic E-state index is 4.40. The molecule has 14 heavy (non-hydrogen) atoms. The largest absolute Gasteiger partial charge is 0.282 e. The van der Waals surface area contributed by atoms with Crippen LogP contribution in [0.15, 0.2) is 4.99 Å². The fraction of sp³-hybridized carbons (Fsp3) is 0.875. The molecule has 0 saturated heterocycles. The van der Waals surface area contributed by atoms with E-state index in [1.54, 1.807) is 11.8 Å². The average Bonchev–Trinajstić information content (AvgIpc) is 2.16. The molecule has 1 unspecified atom stereocenters. The van der Waals surface area contributed by atoms with Crippen LogP contribution in [0.1, 0.15) is 13.8 Å². The van der Waals surface area contributed by atoms with Crippen molar-refractivity contribution >= 4 is 18.1 Å². The zero-order valence-corrected chi connectivity index (χ0v) is 10.0. The molecule has 0 radical (unpaired) electrons. The van der Waals surface area contributed by atoms with Crippen LogP contribution in [0.25, 0.3) is 0 Å². The van der Waals surface area contributed by atoms with Crippen molar-refractivity contribution in [1.29, 1.82) is 0 Å². The number of aliphatic imine (C=N–C) groups is 1. The van der Waals surface area contributed by atoms with Gasteiger partial charge in [0.05, 0.1) is 0 Å². The predicted molar refractivity (Wildman–Crippen MR) is 61.7 cm³/mol. The number of nitrogens with one attached hydrogen (secondary N) is 2. The molecule has 1 aliphatic heterocycles.